The predicted molar refractivity (Wildman–Crippen MR) is 114 cm³/mol. The van der Waals surface area contributed by atoms with Crippen LogP contribution in [-0.4, -0.2) is 23.8 Å². The van der Waals surface area contributed by atoms with Crippen molar-refractivity contribution in [2.24, 2.45) is 5.73 Å². The van der Waals surface area contributed by atoms with Crippen molar-refractivity contribution in [3.63, 3.8) is 0 Å². The summed E-state index contributed by atoms with van der Waals surface area (Å²) >= 11 is 0. The summed E-state index contributed by atoms with van der Waals surface area (Å²) in [6.07, 6.45) is 6.47. The van der Waals surface area contributed by atoms with Crippen LogP contribution in [0.3, 0.4) is 0 Å². The van der Waals surface area contributed by atoms with Gasteiger partial charge in [-0.25, -0.2) is 0 Å². The Labute approximate surface area is 165 Å². The van der Waals surface area contributed by atoms with Gasteiger partial charge in [-0.1, -0.05) is 25.0 Å². The number of nitrogens with zero attached hydrogens (tertiary/aromatic N) is 1. The van der Waals surface area contributed by atoms with Crippen molar-refractivity contribution in [1.82, 2.24) is 4.57 Å². The van der Waals surface area contributed by atoms with Crippen LogP contribution < -0.4 is 21.3 Å². The Bertz CT molecular complexity index is 1010. The first-order valence-electron chi connectivity index (χ1n) is 9.92. The Kier molecular flexibility index (Phi) is 5.35. The number of fused-ring (bicyclic) bond motifs is 1. The average molecular weight is 377 g/mol. The number of aromatic nitrogens is 1. The third-order valence-electron chi connectivity index (χ3n) is 5.66. The van der Waals surface area contributed by atoms with E-state index in [0.717, 1.165) is 40.6 Å². The third-order valence-corrected chi connectivity index (χ3v) is 5.66. The highest BCUT2D eigenvalue weighted by atomic mass is 16.5. The summed E-state index contributed by atoms with van der Waals surface area (Å²) in [6, 6.07) is 16.3. The number of hydrogen-bond acceptors (Lipinski definition) is 4. The van der Waals surface area contributed by atoms with E-state index in [0.29, 0.717) is 12.6 Å². The number of nitrogens with one attached hydrogen (secondary N) is 1. The Morgan fingerprint density at radius 3 is 2.64 bits per heavy atom. The molecule has 1 unspecified atom stereocenters. The maximum atomic E-state index is 12.9. The maximum absolute atomic E-state index is 12.9. The van der Waals surface area contributed by atoms with Gasteiger partial charge in [0, 0.05) is 29.4 Å². The van der Waals surface area contributed by atoms with Crippen LogP contribution >= 0.6 is 0 Å². The van der Waals surface area contributed by atoms with Gasteiger partial charge in [0.25, 0.3) is 5.56 Å². The number of hydrogen-bond donors (Lipinski definition) is 2. The molecule has 1 aromatic heterocycles. The Balaban J connectivity index is 1.56. The summed E-state index contributed by atoms with van der Waals surface area (Å²) in [5.74, 6) is 0.812. The van der Waals surface area contributed by atoms with Gasteiger partial charge in [-0.3, -0.25) is 4.79 Å². The molecule has 1 fully saturated rings. The van der Waals surface area contributed by atoms with E-state index in [1.165, 1.54) is 12.8 Å². The molecule has 5 heteroatoms. The molecular formula is C23H27N3O2. The predicted octanol–water partition coefficient (Wildman–Crippen LogP) is 3.74. The molecule has 1 heterocycles. The van der Waals surface area contributed by atoms with Crippen LogP contribution in [0.1, 0.15) is 31.2 Å². The molecule has 2 aromatic carbocycles. The average Bonchev–Trinajstić information content (AvgIpc) is 2.72. The Morgan fingerprint density at radius 2 is 1.89 bits per heavy atom. The minimum atomic E-state index is 0.0224. The number of nitrogens with two attached hydrogens (primary N) is 1. The smallest absolute Gasteiger partial charge is 0.258 e. The Morgan fingerprint density at radius 1 is 1.11 bits per heavy atom. The largest absolute Gasteiger partial charge is 0.497 e. The molecule has 3 N–H and O–H groups in total. The number of rotatable bonds is 5. The molecule has 3 aromatic rings. The van der Waals surface area contributed by atoms with E-state index in [-0.39, 0.29) is 11.6 Å². The second-order valence-electron chi connectivity index (χ2n) is 7.60. The lowest BCUT2D eigenvalue weighted by Gasteiger charge is -2.30. The molecule has 1 aliphatic rings. The lowest BCUT2D eigenvalue weighted by molar-refractivity contribution is 0.404. The van der Waals surface area contributed by atoms with Crippen molar-refractivity contribution in [3.8, 4) is 5.75 Å². The number of anilines is 1. The van der Waals surface area contributed by atoms with Crippen molar-refractivity contribution < 1.29 is 4.74 Å². The number of pyridine rings is 1. The lowest BCUT2D eigenvalue weighted by Crippen LogP contribution is -2.42. The van der Waals surface area contributed by atoms with E-state index < -0.39 is 0 Å². The minimum Gasteiger partial charge on any atom is -0.497 e. The first-order chi connectivity index (χ1) is 13.6. The van der Waals surface area contributed by atoms with E-state index in [4.69, 9.17) is 10.5 Å². The summed E-state index contributed by atoms with van der Waals surface area (Å²) in [4.78, 5) is 12.9. The van der Waals surface area contributed by atoms with Crippen LogP contribution in [0.5, 0.6) is 5.75 Å². The molecule has 0 amide bonds. The molecule has 1 saturated carbocycles. The number of methoxy groups -OCH3 is 1. The lowest BCUT2D eigenvalue weighted by atomic mass is 9.91. The molecule has 0 aliphatic heterocycles. The molecule has 1 aliphatic carbocycles. The zero-order valence-electron chi connectivity index (χ0n) is 16.2. The molecule has 0 saturated heterocycles. The molecule has 0 spiro atoms. The zero-order chi connectivity index (χ0) is 19.5. The van der Waals surface area contributed by atoms with Gasteiger partial charge >= 0.3 is 0 Å². The van der Waals surface area contributed by atoms with E-state index in [2.05, 4.69) is 11.4 Å². The van der Waals surface area contributed by atoms with Gasteiger partial charge in [-0.05, 0) is 60.2 Å². The van der Waals surface area contributed by atoms with Gasteiger partial charge in [0.15, 0.2) is 0 Å². The normalized spacial score (nSPS) is 19.5. The molecule has 0 bridgehead atoms. The van der Waals surface area contributed by atoms with Crippen LogP contribution in [0.4, 0.5) is 5.69 Å². The summed E-state index contributed by atoms with van der Waals surface area (Å²) in [6.45, 7) is 0.537. The van der Waals surface area contributed by atoms with Crippen LogP contribution in [-0.2, 0) is 6.54 Å². The monoisotopic (exact) mass is 377 g/mol. The minimum absolute atomic E-state index is 0.0224. The zero-order valence-corrected chi connectivity index (χ0v) is 16.2. The molecule has 146 valence electrons. The summed E-state index contributed by atoms with van der Waals surface area (Å²) in [5, 5.41) is 5.24. The SMILES string of the molecule is COc1ccc(Cn2ccc3cc(N[C@H]4CCCCC4N)ccc3c2=O)cc1. The van der Waals surface area contributed by atoms with Crippen LogP contribution in [0.25, 0.3) is 10.8 Å². The van der Waals surface area contributed by atoms with Gasteiger partial charge in [0.1, 0.15) is 5.75 Å². The van der Waals surface area contributed by atoms with E-state index >= 15 is 0 Å². The molecule has 0 radical (unpaired) electrons. The summed E-state index contributed by atoms with van der Waals surface area (Å²) in [7, 11) is 1.65. The molecule has 28 heavy (non-hydrogen) atoms. The topological polar surface area (TPSA) is 69.3 Å². The molecule has 2 atom stereocenters. The summed E-state index contributed by atoms with van der Waals surface area (Å²) in [5.41, 5.74) is 8.37. The van der Waals surface area contributed by atoms with Crippen LogP contribution in [0.2, 0.25) is 0 Å². The highest BCUT2D eigenvalue weighted by Crippen LogP contribution is 2.23. The van der Waals surface area contributed by atoms with E-state index in [9.17, 15) is 4.79 Å². The quantitative estimate of drug-likeness (QED) is 0.711. The molecule has 5 nitrogen and oxygen atoms in total. The van der Waals surface area contributed by atoms with Gasteiger partial charge < -0.3 is 20.4 Å². The fourth-order valence-corrected chi connectivity index (χ4v) is 3.98. The van der Waals surface area contributed by atoms with Crippen LogP contribution in [0.15, 0.2) is 59.5 Å². The van der Waals surface area contributed by atoms with Crippen molar-refractivity contribution in [2.45, 2.75) is 44.3 Å². The molecule has 4 rings (SSSR count). The first kappa shape index (κ1) is 18.6. The second-order valence-corrected chi connectivity index (χ2v) is 7.60. The highest BCUT2D eigenvalue weighted by molar-refractivity contribution is 5.84. The van der Waals surface area contributed by atoms with Gasteiger partial charge in [0.05, 0.1) is 13.7 Å². The molecular weight excluding hydrogens is 350 g/mol. The first-order valence-corrected chi connectivity index (χ1v) is 9.92. The van der Waals surface area contributed by atoms with Crippen molar-refractivity contribution in [2.75, 3.05) is 12.4 Å². The van der Waals surface area contributed by atoms with Crippen molar-refractivity contribution in [3.05, 3.63) is 70.6 Å². The van der Waals surface area contributed by atoms with Crippen LogP contribution in [0, 0.1) is 0 Å². The van der Waals surface area contributed by atoms with Crippen molar-refractivity contribution >= 4 is 16.5 Å². The van der Waals surface area contributed by atoms with Crippen molar-refractivity contribution in [1.29, 1.82) is 0 Å². The fraction of sp³-hybridized carbons (Fsp3) is 0.348. The second kappa shape index (κ2) is 8.07. The maximum Gasteiger partial charge on any atom is 0.258 e. The summed E-state index contributed by atoms with van der Waals surface area (Å²) < 4.78 is 6.93. The number of benzene rings is 2. The van der Waals surface area contributed by atoms with E-state index in [1.807, 2.05) is 48.7 Å². The van der Waals surface area contributed by atoms with Gasteiger partial charge in [-0.15, -0.1) is 0 Å². The van der Waals surface area contributed by atoms with Gasteiger partial charge in [0.2, 0.25) is 0 Å². The third kappa shape index (κ3) is 3.90. The fourth-order valence-electron chi connectivity index (χ4n) is 3.98. The Hall–Kier alpha value is -2.79. The van der Waals surface area contributed by atoms with Gasteiger partial charge in [-0.2, -0.15) is 0 Å². The van der Waals surface area contributed by atoms with E-state index in [1.54, 1.807) is 11.7 Å². The number of ether oxygens (including phenoxy) is 1. The standard InChI is InChI=1S/C23H27N3O2/c1-28-19-9-6-16(7-10-19)15-26-13-12-17-14-18(8-11-20(17)23(26)27)25-22-5-3-2-4-21(22)24/h6-14,21-22,25H,2-5,15,24H2,1H3/t21?,22-/m0/s1. The highest BCUT2D eigenvalue weighted by Gasteiger charge is 2.21.